The Labute approximate surface area is 168 Å². The van der Waals surface area contributed by atoms with Crippen molar-refractivity contribution in [2.24, 2.45) is 5.92 Å². The van der Waals surface area contributed by atoms with Crippen molar-refractivity contribution < 1.29 is 13.9 Å². The first-order valence-corrected chi connectivity index (χ1v) is 9.45. The summed E-state index contributed by atoms with van der Waals surface area (Å²) in [5, 5.41) is 2.91. The highest BCUT2D eigenvalue weighted by molar-refractivity contribution is 6.04. The van der Waals surface area contributed by atoms with Crippen LogP contribution in [0.2, 0.25) is 0 Å². The van der Waals surface area contributed by atoms with Gasteiger partial charge in [0.05, 0.1) is 6.61 Å². The van der Waals surface area contributed by atoms with E-state index in [1.54, 1.807) is 36.5 Å². The first-order chi connectivity index (χ1) is 14.1. The second-order valence-corrected chi connectivity index (χ2v) is 7.11. The molecule has 0 unspecified atom stereocenters. The van der Waals surface area contributed by atoms with E-state index in [9.17, 15) is 4.79 Å². The van der Waals surface area contributed by atoms with Crippen molar-refractivity contribution in [2.75, 3.05) is 11.9 Å². The Morgan fingerprint density at radius 1 is 1.10 bits per heavy atom. The predicted octanol–water partition coefficient (Wildman–Crippen LogP) is 5.18. The second kappa shape index (κ2) is 8.14. The highest BCUT2D eigenvalue weighted by Crippen LogP contribution is 2.25. The Morgan fingerprint density at radius 3 is 2.69 bits per heavy atom. The number of ether oxygens (including phenoxy) is 1. The van der Waals surface area contributed by atoms with E-state index in [1.807, 2.05) is 30.3 Å². The van der Waals surface area contributed by atoms with E-state index < -0.39 is 0 Å². The average molecular weight is 387 g/mol. The summed E-state index contributed by atoms with van der Waals surface area (Å²) in [4.78, 5) is 21.2. The third-order valence-corrected chi connectivity index (χ3v) is 4.23. The van der Waals surface area contributed by atoms with Crippen LogP contribution in [-0.4, -0.2) is 22.5 Å². The number of hydrogen-bond acceptors (Lipinski definition) is 5. The van der Waals surface area contributed by atoms with Crippen molar-refractivity contribution in [3.05, 3.63) is 72.4 Å². The number of oxazole rings is 1. The molecule has 0 bridgehead atoms. The molecule has 146 valence electrons. The molecule has 6 heteroatoms. The number of fused-ring (bicyclic) bond motifs is 1. The molecule has 2 heterocycles. The lowest BCUT2D eigenvalue weighted by Gasteiger charge is -2.10. The molecule has 1 N–H and O–H groups in total. The average Bonchev–Trinajstić information content (AvgIpc) is 3.17. The summed E-state index contributed by atoms with van der Waals surface area (Å²) in [6, 6.07) is 18.1. The normalized spacial score (nSPS) is 11.0. The fraction of sp³-hybridized carbons (Fsp3) is 0.174. The number of benzene rings is 2. The van der Waals surface area contributed by atoms with E-state index in [-0.39, 0.29) is 5.91 Å². The molecule has 0 saturated heterocycles. The Bertz CT molecular complexity index is 1100. The van der Waals surface area contributed by atoms with Gasteiger partial charge in [-0.2, -0.15) is 4.98 Å². The number of nitrogens with one attached hydrogen (secondary N) is 1. The van der Waals surface area contributed by atoms with Crippen LogP contribution in [0.1, 0.15) is 24.2 Å². The topological polar surface area (TPSA) is 77.2 Å². The smallest absolute Gasteiger partial charge is 0.255 e. The van der Waals surface area contributed by atoms with E-state index in [2.05, 4.69) is 29.1 Å². The van der Waals surface area contributed by atoms with Gasteiger partial charge in [0.2, 0.25) is 5.89 Å². The molecule has 0 radical (unpaired) electrons. The number of aromatic nitrogens is 2. The molecule has 0 atom stereocenters. The number of nitrogens with zero attached hydrogens (tertiary/aromatic N) is 2. The molecular weight excluding hydrogens is 366 g/mol. The van der Waals surface area contributed by atoms with Gasteiger partial charge < -0.3 is 14.5 Å². The van der Waals surface area contributed by atoms with E-state index in [0.717, 1.165) is 11.3 Å². The van der Waals surface area contributed by atoms with Crippen LogP contribution in [0.5, 0.6) is 5.75 Å². The van der Waals surface area contributed by atoms with Gasteiger partial charge in [-0.15, -0.1) is 0 Å². The van der Waals surface area contributed by atoms with Gasteiger partial charge in [-0.25, -0.2) is 4.98 Å². The van der Waals surface area contributed by atoms with Crippen molar-refractivity contribution in [1.29, 1.82) is 0 Å². The summed E-state index contributed by atoms with van der Waals surface area (Å²) in [7, 11) is 0. The maximum atomic E-state index is 12.6. The molecule has 29 heavy (non-hydrogen) atoms. The summed E-state index contributed by atoms with van der Waals surface area (Å²) in [6.07, 6.45) is 1.67. The number of anilines is 1. The highest BCUT2D eigenvalue weighted by atomic mass is 16.5. The van der Waals surface area contributed by atoms with Gasteiger partial charge in [0.1, 0.15) is 5.75 Å². The lowest BCUT2D eigenvalue weighted by Crippen LogP contribution is -2.12. The largest absolute Gasteiger partial charge is 0.493 e. The summed E-state index contributed by atoms with van der Waals surface area (Å²) in [6.45, 7) is 4.82. The Kier molecular flexibility index (Phi) is 5.24. The van der Waals surface area contributed by atoms with Gasteiger partial charge in [0, 0.05) is 23.0 Å². The molecule has 4 aromatic rings. The van der Waals surface area contributed by atoms with Crippen LogP contribution < -0.4 is 10.1 Å². The molecule has 0 spiro atoms. The Morgan fingerprint density at radius 2 is 1.93 bits per heavy atom. The standard InChI is InChI=1S/C23H21N3O3/c1-15(2)14-28-19-10-8-16(9-11-19)22(27)25-18-6-3-5-17(13-18)23-26-21-20(29-23)7-4-12-24-21/h3-13,15H,14H2,1-2H3,(H,25,27). The summed E-state index contributed by atoms with van der Waals surface area (Å²) in [5.74, 6) is 1.46. The number of rotatable bonds is 6. The maximum Gasteiger partial charge on any atom is 0.255 e. The molecule has 2 aromatic heterocycles. The van der Waals surface area contributed by atoms with Gasteiger partial charge in [0.15, 0.2) is 11.2 Å². The molecule has 0 aliphatic carbocycles. The van der Waals surface area contributed by atoms with Crippen molar-refractivity contribution in [3.8, 4) is 17.2 Å². The lowest BCUT2D eigenvalue weighted by molar-refractivity contribution is 0.102. The quantitative estimate of drug-likeness (QED) is 0.493. The second-order valence-electron chi connectivity index (χ2n) is 7.11. The fourth-order valence-corrected chi connectivity index (χ4v) is 2.79. The number of hydrogen-bond donors (Lipinski definition) is 1. The third kappa shape index (κ3) is 4.43. The van der Waals surface area contributed by atoms with E-state index in [1.165, 1.54) is 0 Å². The highest BCUT2D eigenvalue weighted by Gasteiger charge is 2.11. The summed E-state index contributed by atoms with van der Waals surface area (Å²) < 4.78 is 11.4. The van der Waals surface area contributed by atoms with Crippen LogP contribution in [-0.2, 0) is 0 Å². The molecule has 2 aromatic carbocycles. The number of carbonyl (C=O) groups is 1. The molecule has 0 saturated carbocycles. The van der Waals surface area contributed by atoms with Crippen LogP contribution in [0.15, 0.2) is 71.3 Å². The molecule has 1 amide bonds. The Hall–Kier alpha value is -3.67. The van der Waals surface area contributed by atoms with Crippen LogP contribution in [0.25, 0.3) is 22.7 Å². The van der Waals surface area contributed by atoms with Gasteiger partial charge in [-0.1, -0.05) is 19.9 Å². The first-order valence-electron chi connectivity index (χ1n) is 9.45. The zero-order valence-corrected chi connectivity index (χ0v) is 16.3. The van der Waals surface area contributed by atoms with Crippen LogP contribution >= 0.6 is 0 Å². The lowest BCUT2D eigenvalue weighted by atomic mass is 10.1. The summed E-state index contributed by atoms with van der Waals surface area (Å²) in [5.41, 5.74) is 3.15. The summed E-state index contributed by atoms with van der Waals surface area (Å²) >= 11 is 0. The number of amides is 1. The molecule has 0 aliphatic rings. The molecule has 4 rings (SSSR count). The third-order valence-electron chi connectivity index (χ3n) is 4.23. The zero-order valence-electron chi connectivity index (χ0n) is 16.3. The predicted molar refractivity (Wildman–Crippen MR) is 112 cm³/mol. The van der Waals surface area contributed by atoms with Crippen molar-refractivity contribution in [2.45, 2.75) is 13.8 Å². The van der Waals surface area contributed by atoms with Crippen molar-refractivity contribution in [3.63, 3.8) is 0 Å². The van der Waals surface area contributed by atoms with Crippen LogP contribution in [0.3, 0.4) is 0 Å². The molecule has 6 nitrogen and oxygen atoms in total. The minimum atomic E-state index is -0.197. The molecular formula is C23H21N3O3. The van der Waals surface area contributed by atoms with Gasteiger partial charge in [-0.05, 0) is 60.5 Å². The van der Waals surface area contributed by atoms with Gasteiger partial charge >= 0.3 is 0 Å². The van der Waals surface area contributed by atoms with Crippen LogP contribution in [0.4, 0.5) is 5.69 Å². The molecule has 0 fully saturated rings. The van der Waals surface area contributed by atoms with E-state index in [0.29, 0.717) is 40.9 Å². The Balaban J connectivity index is 1.48. The maximum absolute atomic E-state index is 12.6. The van der Waals surface area contributed by atoms with E-state index >= 15 is 0 Å². The monoisotopic (exact) mass is 387 g/mol. The minimum Gasteiger partial charge on any atom is -0.493 e. The number of carbonyl (C=O) groups excluding carboxylic acids is 1. The fourth-order valence-electron chi connectivity index (χ4n) is 2.79. The van der Waals surface area contributed by atoms with Gasteiger partial charge in [-0.3, -0.25) is 4.79 Å². The van der Waals surface area contributed by atoms with Crippen molar-refractivity contribution >= 4 is 22.8 Å². The van der Waals surface area contributed by atoms with Crippen molar-refractivity contribution in [1.82, 2.24) is 9.97 Å². The first kappa shape index (κ1) is 18.7. The van der Waals surface area contributed by atoms with Crippen LogP contribution in [0, 0.1) is 5.92 Å². The van der Waals surface area contributed by atoms with Gasteiger partial charge in [0.25, 0.3) is 5.91 Å². The minimum absolute atomic E-state index is 0.197. The zero-order chi connectivity index (χ0) is 20.2. The number of pyridine rings is 1. The SMILES string of the molecule is CC(C)COc1ccc(C(=O)Nc2cccc(-c3nc4ncccc4o3)c2)cc1. The van der Waals surface area contributed by atoms with E-state index in [4.69, 9.17) is 9.15 Å². The molecule has 0 aliphatic heterocycles.